The van der Waals surface area contributed by atoms with Crippen LogP contribution in [0, 0.1) is 17.0 Å². The number of nitro groups is 1. The topological polar surface area (TPSA) is 73.8 Å². The first-order valence-corrected chi connectivity index (χ1v) is 4.10. The summed E-state index contributed by atoms with van der Waals surface area (Å²) in [5.74, 6) is 0. The van der Waals surface area contributed by atoms with Crippen LogP contribution in [-0.2, 0) is 0 Å². The Morgan fingerprint density at radius 3 is 2.93 bits per heavy atom. The largest absolute Gasteiger partial charge is 0.299 e. The summed E-state index contributed by atoms with van der Waals surface area (Å²) in [4.78, 5) is 10.2. The van der Waals surface area contributed by atoms with Crippen molar-refractivity contribution < 1.29 is 4.92 Å². The first-order valence-electron chi connectivity index (χ1n) is 3.76. The smallest absolute Gasteiger partial charge is 0.258 e. The molecule has 1 aromatic heterocycles. The van der Waals surface area contributed by atoms with Crippen molar-refractivity contribution in [1.29, 1.82) is 0 Å². The van der Waals surface area contributed by atoms with E-state index in [4.69, 9.17) is 11.8 Å². The van der Waals surface area contributed by atoms with Gasteiger partial charge in [0.15, 0.2) is 5.52 Å². The highest BCUT2D eigenvalue weighted by atomic mass is 35.5. The van der Waals surface area contributed by atoms with Gasteiger partial charge in [0, 0.05) is 17.8 Å². The summed E-state index contributed by atoms with van der Waals surface area (Å²) in [6.45, 7) is 1.75. The van der Waals surface area contributed by atoms with Gasteiger partial charge in [-0.25, -0.2) is 0 Å². The molecule has 0 fully saturated rings. The minimum absolute atomic E-state index is 0.0769. The average Bonchev–Trinajstić information content (AvgIpc) is 2.47. The van der Waals surface area contributed by atoms with E-state index in [2.05, 4.69) is 10.3 Å². The third kappa shape index (κ3) is 1.20. The molecule has 0 saturated heterocycles. The molecule has 0 aliphatic carbocycles. The fourth-order valence-corrected chi connectivity index (χ4v) is 1.42. The van der Waals surface area contributed by atoms with Crippen LogP contribution in [-0.4, -0.2) is 19.4 Å². The summed E-state index contributed by atoms with van der Waals surface area (Å²) in [5.41, 5.74) is 1.31. The highest BCUT2D eigenvalue weighted by molar-refractivity contribution is 6.18. The number of nitro benzene ring substituents is 1. The molecule has 2 aromatic rings. The average molecular weight is 213 g/mol. The van der Waals surface area contributed by atoms with Crippen molar-refractivity contribution in [2.75, 3.05) is 0 Å². The van der Waals surface area contributed by atoms with Crippen molar-refractivity contribution in [3.8, 4) is 0 Å². The molecule has 0 aliphatic rings. The van der Waals surface area contributed by atoms with Gasteiger partial charge >= 0.3 is 0 Å². The molecule has 0 saturated carbocycles. The van der Waals surface area contributed by atoms with Gasteiger partial charge in [-0.05, 0) is 23.8 Å². The summed E-state index contributed by atoms with van der Waals surface area (Å²) < 4.78 is 0.995. The van der Waals surface area contributed by atoms with E-state index < -0.39 is 4.92 Å². The quantitative estimate of drug-likeness (QED) is 0.532. The summed E-state index contributed by atoms with van der Waals surface area (Å²) in [5, 5.41) is 17.8. The SMILES string of the molecule is Cc1cc([N+](=O)[O-])c2nnn(Cl)c2c1. The number of halogens is 1. The fraction of sp³-hybridized carbons (Fsp3) is 0.143. The van der Waals surface area contributed by atoms with Crippen LogP contribution in [0.1, 0.15) is 5.56 Å². The Kier molecular flexibility index (Phi) is 1.85. The number of nitrogens with zero attached hydrogens (tertiary/aromatic N) is 4. The monoisotopic (exact) mass is 212 g/mol. The van der Waals surface area contributed by atoms with Gasteiger partial charge < -0.3 is 0 Å². The van der Waals surface area contributed by atoms with Crippen molar-refractivity contribution in [1.82, 2.24) is 14.5 Å². The molecule has 0 spiro atoms. The number of aromatic nitrogens is 3. The van der Waals surface area contributed by atoms with Crippen LogP contribution in [0.5, 0.6) is 0 Å². The lowest BCUT2D eigenvalue weighted by atomic mass is 10.2. The van der Waals surface area contributed by atoms with E-state index in [1.807, 2.05) is 0 Å². The highest BCUT2D eigenvalue weighted by Crippen LogP contribution is 2.25. The third-order valence-electron chi connectivity index (χ3n) is 1.83. The molecule has 0 N–H and O–H groups in total. The molecule has 1 heterocycles. The minimum Gasteiger partial charge on any atom is -0.258 e. The second-order valence-corrected chi connectivity index (χ2v) is 3.18. The molecule has 0 unspecified atom stereocenters. The Labute approximate surface area is 83.3 Å². The normalized spacial score (nSPS) is 10.7. The molecule has 0 atom stereocenters. The van der Waals surface area contributed by atoms with Crippen LogP contribution in [0.3, 0.4) is 0 Å². The predicted molar refractivity (Wildman–Crippen MR) is 50.2 cm³/mol. The molecule has 7 heteroatoms. The number of rotatable bonds is 1. The summed E-state index contributed by atoms with van der Waals surface area (Å²) in [7, 11) is 0. The standard InChI is InChI=1S/C7H5ClN4O2/c1-4-2-5-7(9-10-11(5)8)6(3-4)12(13)14/h2-3H,1H3. The molecule has 72 valence electrons. The molecule has 1 aromatic carbocycles. The number of benzene rings is 1. The number of aryl methyl sites for hydroxylation is 1. The number of hydrogen-bond donors (Lipinski definition) is 0. The zero-order chi connectivity index (χ0) is 10.3. The van der Waals surface area contributed by atoms with Gasteiger partial charge in [-0.3, -0.25) is 10.1 Å². The first kappa shape index (κ1) is 8.89. The molecular formula is C7H5ClN4O2. The van der Waals surface area contributed by atoms with Crippen LogP contribution >= 0.6 is 11.8 Å². The maximum absolute atomic E-state index is 10.7. The summed E-state index contributed by atoms with van der Waals surface area (Å²) in [6.07, 6.45) is 0. The van der Waals surface area contributed by atoms with Gasteiger partial charge in [0.05, 0.1) is 4.92 Å². The van der Waals surface area contributed by atoms with Crippen molar-refractivity contribution in [2.24, 2.45) is 0 Å². The van der Waals surface area contributed by atoms with E-state index in [9.17, 15) is 10.1 Å². The zero-order valence-electron chi connectivity index (χ0n) is 7.14. The molecule has 14 heavy (non-hydrogen) atoms. The van der Waals surface area contributed by atoms with E-state index in [0.717, 1.165) is 9.76 Å². The van der Waals surface area contributed by atoms with E-state index in [-0.39, 0.29) is 11.2 Å². The first-order chi connectivity index (χ1) is 6.59. The van der Waals surface area contributed by atoms with Crippen molar-refractivity contribution in [3.63, 3.8) is 0 Å². The molecule has 6 nitrogen and oxygen atoms in total. The van der Waals surface area contributed by atoms with Crippen LogP contribution in [0.25, 0.3) is 11.0 Å². The van der Waals surface area contributed by atoms with E-state index in [1.54, 1.807) is 13.0 Å². The maximum atomic E-state index is 10.7. The van der Waals surface area contributed by atoms with Gasteiger partial charge in [0.1, 0.15) is 5.52 Å². The van der Waals surface area contributed by atoms with E-state index in [0.29, 0.717) is 5.52 Å². The van der Waals surface area contributed by atoms with Crippen LogP contribution in [0.15, 0.2) is 12.1 Å². The highest BCUT2D eigenvalue weighted by Gasteiger charge is 2.17. The molecule has 0 radical (unpaired) electrons. The van der Waals surface area contributed by atoms with Crippen LogP contribution in [0.4, 0.5) is 5.69 Å². The van der Waals surface area contributed by atoms with Crippen molar-refractivity contribution in [2.45, 2.75) is 6.92 Å². The number of hydrogen-bond acceptors (Lipinski definition) is 4. The zero-order valence-corrected chi connectivity index (χ0v) is 7.89. The molecular weight excluding hydrogens is 208 g/mol. The summed E-state index contributed by atoms with van der Waals surface area (Å²) >= 11 is 5.64. The molecule has 0 aliphatic heterocycles. The Hall–Kier alpha value is -1.69. The molecule has 0 amide bonds. The Bertz CT molecular complexity index is 522. The van der Waals surface area contributed by atoms with E-state index in [1.165, 1.54) is 6.07 Å². The Morgan fingerprint density at radius 1 is 1.57 bits per heavy atom. The van der Waals surface area contributed by atoms with Gasteiger partial charge in [0.2, 0.25) is 0 Å². The predicted octanol–water partition coefficient (Wildman–Crippen LogP) is 1.65. The fourth-order valence-electron chi connectivity index (χ4n) is 1.26. The second kappa shape index (κ2) is 2.91. The van der Waals surface area contributed by atoms with Gasteiger partial charge in [-0.2, -0.15) is 4.20 Å². The van der Waals surface area contributed by atoms with Crippen LogP contribution in [0.2, 0.25) is 0 Å². The molecule has 0 bridgehead atoms. The lowest BCUT2D eigenvalue weighted by Crippen LogP contribution is -1.90. The third-order valence-corrected chi connectivity index (χ3v) is 2.08. The number of fused-ring (bicyclic) bond motifs is 1. The lowest BCUT2D eigenvalue weighted by Gasteiger charge is -1.95. The van der Waals surface area contributed by atoms with Gasteiger partial charge in [0.25, 0.3) is 5.69 Å². The molecule has 2 rings (SSSR count). The van der Waals surface area contributed by atoms with Crippen molar-refractivity contribution >= 4 is 28.5 Å². The second-order valence-electron chi connectivity index (χ2n) is 2.86. The van der Waals surface area contributed by atoms with Gasteiger partial charge in [-0.1, -0.05) is 0 Å². The van der Waals surface area contributed by atoms with Crippen molar-refractivity contribution in [3.05, 3.63) is 27.8 Å². The van der Waals surface area contributed by atoms with Crippen LogP contribution < -0.4 is 0 Å². The summed E-state index contributed by atoms with van der Waals surface area (Å²) in [6, 6.07) is 3.13. The maximum Gasteiger partial charge on any atom is 0.299 e. The Morgan fingerprint density at radius 2 is 2.29 bits per heavy atom. The number of non-ortho nitro benzene ring substituents is 1. The lowest BCUT2D eigenvalue weighted by molar-refractivity contribution is -0.383. The minimum atomic E-state index is -0.499. The Balaban J connectivity index is 2.88. The van der Waals surface area contributed by atoms with Gasteiger partial charge in [-0.15, -0.1) is 5.10 Å². The van der Waals surface area contributed by atoms with E-state index >= 15 is 0 Å².